The number of rotatable bonds is 5. The molecule has 2 aromatic rings. The summed E-state index contributed by atoms with van der Waals surface area (Å²) in [6.07, 6.45) is 5.81. The summed E-state index contributed by atoms with van der Waals surface area (Å²) < 4.78 is 6.90. The Labute approximate surface area is 130 Å². The lowest BCUT2D eigenvalue weighted by Gasteiger charge is -2.15. The molecule has 1 aliphatic rings. The van der Waals surface area contributed by atoms with E-state index >= 15 is 0 Å². The van der Waals surface area contributed by atoms with Crippen LogP contribution >= 0.6 is 0 Å². The van der Waals surface area contributed by atoms with E-state index in [2.05, 4.69) is 15.0 Å². The van der Waals surface area contributed by atoms with Gasteiger partial charge in [-0.2, -0.15) is 5.10 Å². The standard InChI is InChI=1S/C16H22N4O2/c1-19-8-13(6-18-19)15-10-20(9-14(15)11-21)7-12-3-4-16(22-2)17-5-12/h3-6,8,14-15,21H,7,9-11H2,1-2H3/t14-,15-/m0/s1. The van der Waals surface area contributed by atoms with Gasteiger partial charge in [0.1, 0.15) is 0 Å². The van der Waals surface area contributed by atoms with E-state index in [0.29, 0.717) is 11.8 Å². The lowest BCUT2D eigenvalue weighted by atomic mass is 9.92. The molecule has 3 rings (SSSR count). The number of hydrogen-bond acceptors (Lipinski definition) is 5. The van der Waals surface area contributed by atoms with Gasteiger partial charge in [-0.15, -0.1) is 0 Å². The maximum absolute atomic E-state index is 9.67. The van der Waals surface area contributed by atoms with Crippen molar-refractivity contribution in [3.63, 3.8) is 0 Å². The number of pyridine rings is 1. The van der Waals surface area contributed by atoms with Crippen molar-refractivity contribution in [2.75, 3.05) is 26.8 Å². The fraction of sp³-hybridized carbons (Fsp3) is 0.500. The van der Waals surface area contributed by atoms with Gasteiger partial charge in [-0.3, -0.25) is 9.58 Å². The van der Waals surface area contributed by atoms with E-state index in [9.17, 15) is 5.11 Å². The first-order valence-corrected chi connectivity index (χ1v) is 7.50. The van der Waals surface area contributed by atoms with Crippen molar-refractivity contribution >= 4 is 0 Å². The van der Waals surface area contributed by atoms with Crippen LogP contribution in [0.3, 0.4) is 0 Å². The minimum absolute atomic E-state index is 0.205. The number of nitrogens with zero attached hydrogens (tertiary/aromatic N) is 4. The molecule has 0 bridgehead atoms. The van der Waals surface area contributed by atoms with Crippen LogP contribution in [0.4, 0.5) is 0 Å². The zero-order valence-corrected chi connectivity index (χ0v) is 13.0. The van der Waals surface area contributed by atoms with Crippen molar-refractivity contribution in [1.29, 1.82) is 0 Å². The molecule has 0 amide bonds. The van der Waals surface area contributed by atoms with Gasteiger partial charge in [0, 0.05) is 63.6 Å². The smallest absolute Gasteiger partial charge is 0.212 e. The third-order valence-electron chi connectivity index (χ3n) is 4.32. The van der Waals surface area contributed by atoms with E-state index in [-0.39, 0.29) is 12.5 Å². The minimum Gasteiger partial charge on any atom is -0.481 e. The number of aliphatic hydroxyl groups is 1. The number of aryl methyl sites for hydroxylation is 1. The van der Waals surface area contributed by atoms with Crippen LogP contribution in [-0.4, -0.2) is 51.6 Å². The maximum Gasteiger partial charge on any atom is 0.212 e. The lowest BCUT2D eigenvalue weighted by molar-refractivity contribution is 0.214. The highest BCUT2D eigenvalue weighted by Gasteiger charge is 2.33. The van der Waals surface area contributed by atoms with E-state index in [0.717, 1.165) is 25.2 Å². The van der Waals surface area contributed by atoms with Crippen LogP contribution in [0.25, 0.3) is 0 Å². The summed E-state index contributed by atoms with van der Waals surface area (Å²) in [5.74, 6) is 1.23. The van der Waals surface area contributed by atoms with E-state index in [4.69, 9.17) is 4.74 Å². The average Bonchev–Trinajstić information content (AvgIpc) is 3.14. The molecule has 1 N–H and O–H groups in total. The summed E-state index contributed by atoms with van der Waals surface area (Å²) in [7, 11) is 3.54. The highest BCUT2D eigenvalue weighted by Crippen LogP contribution is 2.32. The third kappa shape index (κ3) is 3.13. The van der Waals surface area contributed by atoms with Gasteiger partial charge in [-0.1, -0.05) is 6.07 Å². The lowest BCUT2D eigenvalue weighted by Crippen LogP contribution is -2.21. The first-order valence-electron chi connectivity index (χ1n) is 7.50. The Morgan fingerprint density at radius 2 is 2.18 bits per heavy atom. The fourth-order valence-electron chi connectivity index (χ4n) is 3.17. The van der Waals surface area contributed by atoms with E-state index in [1.807, 2.05) is 42.5 Å². The molecule has 0 unspecified atom stereocenters. The van der Waals surface area contributed by atoms with E-state index in [1.54, 1.807) is 7.11 Å². The number of likely N-dealkylation sites (tertiary alicyclic amines) is 1. The van der Waals surface area contributed by atoms with Crippen molar-refractivity contribution < 1.29 is 9.84 Å². The molecule has 0 aliphatic carbocycles. The maximum atomic E-state index is 9.67. The molecule has 1 aliphatic heterocycles. The first kappa shape index (κ1) is 15.0. The molecular weight excluding hydrogens is 280 g/mol. The van der Waals surface area contributed by atoms with Crippen LogP contribution in [-0.2, 0) is 13.6 Å². The zero-order chi connectivity index (χ0) is 15.5. The van der Waals surface area contributed by atoms with Gasteiger partial charge < -0.3 is 9.84 Å². The average molecular weight is 302 g/mol. The molecule has 22 heavy (non-hydrogen) atoms. The van der Waals surface area contributed by atoms with Gasteiger partial charge >= 0.3 is 0 Å². The van der Waals surface area contributed by atoms with Gasteiger partial charge in [-0.25, -0.2) is 4.98 Å². The fourth-order valence-corrected chi connectivity index (χ4v) is 3.17. The Balaban J connectivity index is 1.68. The Bertz CT molecular complexity index is 611. The molecule has 2 atom stereocenters. The molecule has 3 heterocycles. The SMILES string of the molecule is COc1ccc(CN2C[C@@H](CO)[C@H](c3cnn(C)c3)C2)cn1. The van der Waals surface area contributed by atoms with Gasteiger partial charge in [0.25, 0.3) is 0 Å². The Morgan fingerprint density at radius 1 is 1.32 bits per heavy atom. The van der Waals surface area contributed by atoms with E-state index < -0.39 is 0 Å². The number of methoxy groups -OCH3 is 1. The molecule has 0 aromatic carbocycles. The minimum atomic E-state index is 0.205. The normalized spacial score (nSPS) is 22.1. The van der Waals surface area contributed by atoms with Gasteiger partial charge in [0.2, 0.25) is 5.88 Å². The summed E-state index contributed by atoms with van der Waals surface area (Å²) in [5.41, 5.74) is 2.36. The summed E-state index contributed by atoms with van der Waals surface area (Å²) >= 11 is 0. The summed E-state index contributed by atoms with van der Waals surface area (Å²) in [5, 5.41) is 13.9. The quantitative estimate of drug-likeness (QED) is 0.894. The molecular formula is C16H22N4O2. The van der Waals surface area contributed by atoms with Crippen LogP contribution < -0.4 is 4.74 Å². The third-order valence-corrected chi connectivity index (χ3v) is 4.32. The second-order valence-corrected chi connectivity index (χ2v) is 5.90. The van der Waals surface area contributed by atoms with Crippen molar-refractivity contribution in [3.05, 3.63) is 41.9 Å². The van der Waals surface area contributed by atoms with Gasteiger partial charge in [0.15, 0.2) is 0 Å². The van der Waals surface area contributed by atoms with Crippen molar-refractivity contribution in [1.82, 2.24) is 19.7 Å². The highest BCUT2D eigenvalue weighted by atomic mass is 16.5. The Kier molecular flexibility index (Phi) is 4.40. The summed E-state index contributed by atoms with van der Waals surface area (Å²) in [4.78, 5) is 6.61. The molecule has 1 fully saturated rings. The molecule has 6 heteroatoms. The largest absolute Gasteiger partial charge is 0.481 e. The first-order chi connectivity index (χ1) is 10.7. The molecule has 0 radical (unpaired) electrons. The van der Waals surface area contributed by atoms with Crippen LogP contribution in [0.5, 0.6) is 5.88 Å². The summed E-state index contributed by atoms with van der Waals surface area (Å²) in [6.45, 7) is 2.87. The molecule has 0 spiro atoms. The number of hydrogen-bond donors (Lipinski definition) is 1. The van der Waals surface area contributed by atoms with Gasteiger partial charge in [-0.05, 0) is 11.1 Å². The second-order valence-electron chi connectivity index (χ2n) is 5.90. The molecule has 1 saturated heterocycles. The van der Waals surface area contributed by atoms with Crippen LogP contribution in [0, 0.1) is 5.92 Å². The molecule has 2 aromatic heterocycles. The second kappa shape index (κ2) is 6.46. The van der Waals surface area contributed by atoms with Crippen LogP contribution in [0.15, 0.2) is 30.7 Å². The van der Waals surface area contributed by atoms with E-state index in [1.165, 1.54) is 5.56 Å². The molecule has 118 valence electrons. The van der Waals surface area contributed by atoms with Crippen LogP contribution in [0.1, 0.15) is 17.0 Å². The Hall–Kier alpha value is -1.92. The molecule has 0 saturated carbocycles. The molecule has 6 nitrogen and oxygen atoms in total. The Morgan fingerprint density at radius 3 is 2.77 bits per heavy atom. The number of ether oxygens (including phenoxy) is 1. The monoisotopic (exact) mass is 302 g/mol. The van der Waals surface area contributed by atoms with Crippen LogP contribution in [0.2, 0.25) is 0 Å². The van der Waals surface area contributed by atoms with Gasteiger partial charge in [0.05, 0.1) is 13.3 Å². The predicted octanol–water partition coefficient (Wildman–Crippen LogP) is 1.03. The number of aromatic nitrogens is 3. The predicted molar refractivity (Wildman–Crippen MR) is 82.6 cm³/mol. The topological polar surface area (TPSA) is 63.4 Å². The zero-order valence-electron chi connectivity index (χ0n) is 13.0. The van der Waals surface area contributed by atoms with Crippen molar-refractivity contribution in [3.8, 4) is 5.88 Å². The highest BCUT2D eigenvalue weighted by molar-refractivity contribution is 5.19. The van der Waals surface area contributed by atoms with Crippen molar-refractivity contribution in [2.45, 2.75) is 12.5 Å². The number of aliphatic hydroxyl groups excluding tert-OH is 1. The summed E-state index contributed by atoms with van der Waals surface area (Å²) in [6, 6.07) is 3.92. The van der Waals surface area contributed by atoms with Crippen molar-refractivity contribution in [2.24, 2.45) is 13.0 Å².